The van der Waals surface area contributed by atoms with Gasteiger partial charge in [0.05, 0.1) is 6.61 Å². The first kappa shape index (κ1) is 14.1. The van der Waals surface area contributed by atoms with Gasteiger partial charge in [-0.15, -0.1) is 0 Å². The minimum Gasteiger partial charge on any atom is -0.460 e. The third kappa shape index (κ3) is 4.08. The molecule has 17 heavy (non-hydrogen) atoms. The molecule has 0 radical (unpaired) electrons. The van der Waals surface area contributed by atoms with Crippen molar-refractivity contribution in [2.24, 2.45) is 0 Å². The van der Waals surface area contributed by atoms with Crippen LogP contribution in [0.3, 0.4) is 0 Å². The second-order valence-corrected chi connectivity index (χ2v) is 6.61. The molecule has 0 bridgehead atoms. The highest BCUT2D eigenvalue weighted by Gasteiger charge is 2.39. The first-order chi connectivity index (χ1) is 7.62. The number of rotatable bonds is 3. The van der Waals surface area contributed by atoms with E-state index in [4.69, 9.17) is 4.74 Å². The summed E-state index contributed by atoms with van der Waals surface area (Å²) in [7, 11) is -3.83. The van der Waals surface area contributed by atoms with Crippen LogP contribution in [0.1, 0.15) is 33.6 Å². The lowest BCUT2D eigenvalue weighted by Gasteiger charge is -2.19. The molecule has 0 spiro atoms. The topological polar surface area (TPSA) is 86.7 Å². The quantitative estimate of drug-likeness (QED) is 0.417. The van der Waals surface area contributed by atoms with Gasteiger partial charge in [-0.25, -0.2) is 0 Å². The summed E-state index contributed by atoms with van der Waals surface area (Å²) < 4.78 is 31.9. The number of ether oxygens (including phenoxy) is 1. The van der Waals surface area contributed by atoms with Crippen LogP contribution in [0.15, 0.2) is 0 Å². The van der Waals surface area contributed by atoms with Crippen LogP contribution in [-0.2, 0) is 28.6 Å². The van der Waals surface area contributed by atoms with Gasteiger partial charge in [-0.3, -0.25) is 13.8 Å². The Hall–Kier alpha value is -0.950. The average molecular weight is 264 g/mol. The molecule has 0 N–H and O–H groups in total. The molecular weight excluding hydrogens is 248 g/mol. The maximum absolute atomic E-state index is 11.6. The SMILES string of the molecule is CC(C)(C)OC(=O)CC(=O)C1CCOS1(=O)=O. The van der Waals surface area contributed by atoms with Crippen molar-refractivity contribution >= 4 is 21.9 Å². The minimum absolute atomic E-state index is 0.00689. The predicted molar refractivity (Wildman–Crippen MR) is 58.7 cm³/mol. The van der Waals surface area contributed by atoms with E-state index in [1.165, 1.54) is 0 Å². The molecule has 0 aromatic carbocycles. The molecule has 7 heteroatoms. The number of hydrogen-bond acceptors (Lipinski definition) is 6. The van der Waals surface area contributed by atoms with Gasteiger partial charge in [0.1, 0.15) is 17.3 Å². The van der Waals surface area contributed by atoms with E-state index < -0.39 is 39.1 Å². The van der Waals surface area contributed by atoms with E-state index in [1.807, 2.05) is 0 Å². The zero-order chi connectivity index (χ0) is 13.3. The summed E-state index contributed by atoms with van der Waals surface area (Å²) in [5, 5.41) is -1.23. The normalized spacial score (nSPS) is 23.4. The summed E-state index contributed by atoms with van der Waals surface area (Å²) in [4.78, 5) is 23.0. The molecule has 1 saturated heterocycles. The van der Waals surface area contributed by atoms with E-state index >= 15 is 0 Å². The Morgan fingerprint density at radius 3 is 2.35 bits per heavy atom. The molecule has 98 valence electrons. The fourth-order valence-electron chi connectivity index (χ4n) is 1.45. The van der Waals surface area contributed by atoms with Gasteiger partial charge in [-0.1, -0.05) is 0 Å². The lowest BCUT2D eigenvalue weighted by Crippen LogP contribution is -2.31. The molecular formula is C10H16O6S. The van der Waals surface area contributed by atoms with Crippen molar-refractivity contribution in [2.45, 2.75) is 44.5 Å². The fraction of sp³-hybridized carbons (Fsp3) is 0.800. The highest BCUT2D eigenvalue weighted by atomic mass is 32.2. The van der Waals surface area contributed by atoms with E-state index in [9.17, 15) is 18.0 Å². The number of carbonyl (C=O) groups excluding carboxylic acids is 2. The molecule has 1 heterocycles. The zero-order valence-electron chi connectivity index (χ0n) is 10.1. The van der Waals surface area contributed by atoms with Crippen LogP contribution >= 0.6 is 0 Å². The van der Waals surface area contributed by atoms with E-state index in [0.29, 0.717) is 0 Å². The first-order valence-corrected chi connectivity index (χ1v) is 6.72. The molecule has 0 saturated carbocycles. The summed E-state index contributed by atoms with van der Waals surface area (Å²) in [6, 6.07) is 0. The Balaban J connectivity index is 2.59. The Labute approximate surface area is 100 Å². The van der Waals surface area contributed by atoms with Gasteiger partial charge in [0, 0.05) is 0 Å². The Morgan fingerprint density at radius 1 is 1.35 bits per heavy atom. The smallest absolute Gasteiger partial charge is 0.313 e. The fourth-order valence-corrected chi connectivity index (χ4v) is 2.74. The molecule has 1 unspecified atom stereocenters. The molecule has 0 aromatic heterocycles. The highest BCUT2D eigenvalue weighted by Crippen LogP contribution is 2.20. The zero-order valence-corrected chi connectivity index (χ0v) is 10.9. The van der Waals surface area contributed by atoms with Gasteiger partial charge in [0.15, 0.2) is 5.78 Å². The van der Waals surface area contributed by atoms with Crippen molar-refractivity contribution in [2.75, 3.05) is 6.61 Å². The maximum Gasteiger partial charge on any atom is 0.313 e. The number of esters is 1. The summed E-state index contributed by atoms with van der Waals surface area (Å²) in [6.45, 7) is 5.01. The Kier molecular flexibility index (Phi) is 3.93. The molecule has 1 fully saturated rings. The largest absolute Gasteiger partial charge is 0.460 e. The van der Waals surface area contributed by atoms with E-state index in [2.05, 4.69) is 4.18 Å². The van der Waals surface area contributed by atoms with Crippen LogP contribution in [-0.4, -0.2) is 37.6 Å². The van der Waals surface area contributed by atoms with Gasteiger partial charge in [-0.05, 0) is 27.2 Å². The number of carbonyl (C=O) groups is 2. The van der Waals surface area contributed by atoms with Gasteiger partial charge >= 0.3 is 5.97 Å². The van der Waals surface area contributed by atoms with Crippen molar-refractivity contribution in [3.05, 3.63) is 0 Å². The molecule has 1 aliphatic heterocycles. The monoisotopic (exact) mass is 264 g/mol. The van der Waals surface area contributed by atoms with Crippen LogP contribution in [0, 0.1) is 0 Å². The van der Waals surface area contributed by atoms with Gasteiger partial charge in [0.2, 0.25) is 0 Å². The molecule has 1 aliphatic rings. The lowest BCUT2D eigenvalue weighted by atomic mass is 10.1. The third-order valence-corrected chi connectivity index (χ3v) is 3.76. The van der Waals surface area contributed by atoms with E-state index in [1.54, 1.807) is 20.8 Å². The molecule has 0 aromatic rings. The second-order valence-electron chi connectivity index (χ2n) is 4.82. The number of hydrogen-bond donors (Lipinski definition) is 0. The Morgan fingerprint density at radius 2 is 1.94 bits per heavy atom. The van der Waals surface area contributed by atoms with Crippen molar-refractivity contribution in [1.29, 1.82) is 0 Å². The molecule has 6 nitrogen and oxygen atoms in total. The third-order valence-electron chi connectivity index (χ3n) is 2.07. The van der Waals surface area contributed by atoms with Crippen LogP contribution in [0.25, 0.3) is 0 Å². The summed E-state index contributed by atoms with van der Waals surface area (Å²) in [6.07, 6.45) is -0.436. The van der Waals surface area contributed by atoms with Crippen molar-refractivity contribution in [3.63, 3.8) is 0 Å². The summed E-state index contributed by atoms with van der Waals surface area (Å²) in [5.41, 5.74) is -0.692. The summed E-state index contributed by atoms with van der Waals surface area (Å²) >= 11 is 0. The van der Waals surface area contributed by atoms with Crippen LogP contribution in [0.4, 0.5) is 0 Å². The minimum atomic E-state index is -3.83. The van der Waals surface area contributed by atoms with Crippen molar-refractivity contribution in [1.82, 2.24) is 0 Å². The maximum atomic E-state index is 11.6. The van der Waals surface area contributed by atoms with Crippen molar-refractivity contribution < 1.29 is 26.9 Å². The molecule has 1 rings (SSSR count). The van der Waals surface area contributed by atoms with Crippen molar-refractivity contribution in [3.8, 4) is 0 Å². The molecule has 1 atom stereocenters. The number of Topliss-reactive ketones (excluding diaryl/α,β-unsaturated/α-hetero) is 1. The van der Waals surface area contributed by atoms with Crippen LogP contribution in [0.2, 0.25) is 0 Å². The average Bonchev–Trinajstić information content (AvgIpc) is 2.40. The Bertz CT molecular complexity index is 417. The number of ketones is 1. The molecule has 0 aliphatic carbocycles. The van der Waals surface area contributed by atoms with E-state index in [-0.39, 0.29) is 13.0 Å². The second kappa shape index (κ2) is 4.73. The lowest BCUT2D eigenvalue weighted by molar-refractivity contribution is -0.156. The standard InChI is InChI=1S/C10H16O6S/c1-10(2,3)16-9(12)6-7(11)8-4-5-15-17(8,13)14/h8H,4-6H2,1-3H3. The van der Waals surface area contributed by atoms with E-state index in [0.717, 1.165) is 0 Å². The van der Waals surface area contributed by atoms with Crippen LogP contribution in [0.5, 0.6) is 0 Å². The summed E-state index contributed by atoms with van der Waals surface area (Å²) in [5.74, 6) is -1.39. The molecule has 0 amide bonds. The van der Waals surface area contributed by atoms with Gasteiger partial charge < -0.3 is 4.74 Å². The predicted octanol–water partition coefficient (Wildman–Crippen LogP) is 0.406. The first-order valence-electron chi connectivity index (χ1n) is 5.24. The van der Waals surface area contributed by atoms with Gasteiger partial charge in [0.25, 0.3) is 10.1 Å². The highest BCUT2D eigenvalue weighted by molar-refractivity contribution is 7.88. The van der Waals surface area contributed by atoms with Crippen LogP contribution < -0.4 is 0 Å². The van der Waals surface area contributed by atoms with Gasteiger partial charge in [-0.2, -0.15) is 8.42 Å².